The molecule has 0 unspecified atom stereocenters. The van der Waals surface area contributed by atoms with E-state index in [0.29, 0.717) is 19.0 Å². The van der Waals surface area contributed by atoms with Crippen molar-refractivity contribution in [2.75, 3.05) is 13.1 Å². The van der Waals surface area contributed by atoms with E-state index in [1.165, 1.54) is 5.56 Å². The molecule has 0 bridgehead atoms. The maximum atomic E-state index is 5.55. The van der Waals surface area contributed by atoms with Crippen molar-refractivity contribution >= 4 is 0 Å². The van der Waals surface area contributed by atoms with Crippen molar-refractivity contribution in [3.63, 3.8) is 0 Å². The molecule has 0 fully saturated rings. The lowest BCUT2D eigenvalue weighted by Crippen LogP contribution is -2.25. The summed E-state index contributed by atoms with van der Waals surface area (Å²) in [5.41, 5.74) is 12.4. The van der Waals surface area contributed by atoms with E-state index in [1.54, 1.807) is 0 Å². The molecule has 0 saturated heterocycles. The van der Waals surface area contributed by atoms with Crippen LogP contribution >= 0.6 is 0 Å². The fourth-order valence-corrected chi connectivity index (χ4v) is 1.21. The molecule has 1 rings (SSSR count). The van der Waals surface area contributed by atoms with E-state index >= 15 is 0 Å². The number of benzene rings is 1. The van der Waals surface area contributed by atoms with Gasteiger partial charge >= 0.3 is 0 Å². The highest BCUT2D eigenvalue weighted by Gasteiger charge is 2.03. The molecule has 0 aliphatic rings. The van der Waals surface area contributed by atoms with Gasteiger partial charge in [0.05, 0.1) is 0 Å². The Hall–Kier alpha value is -0.860. The number of nitrogens with two attached hydrogens (primary N) is 2. The van der Waals surface area contributed by atoms with E-state index in [-0.39, 0.29) is 0 Å². The van der Waals surface area contributed by atoms with Gasteiger partial charge in [0.1, 0.15) is 0 Å². The summed E-state index contributed by atoms with van der Waals surface area (Å²) in [5, 5.41) is 0. The molecule has 0 saturated carbocycles. The van der Waals surface area contributed by atoms with Crippen LogP contribution in [0.5, 0.6) is 0 Å². The molecule has 1 aromatic rings. The van der Waals surface area contributed by atoms with Crippen LogP contribution in [0.3, 0.4) is 0 Å². The van der Waals surface area contributed by atoms with Gasteiger partial charge in [-0.1, -0.05) is 30.3 Å². The largest absolute Gasteiger partial charge is 0.330 e. The molecule has 0 aliphatic carbocycles. The van der Waals surface area contributed by atoms with Crippen LogP contribution in [0.1, 0.15) is 5.56 Å². The van der Waals surface area contributed by atoms with Gasteiger partial charge in [-0.3, -0.25) is 0 Å². The van der Waals surface area contributed by atoms with Gasteiger partial charge in [-0.2, -0.15) is 0 Å². The van der Waals surface area contributed by atoms with E-state index in [2.05, 4.69) is 12.1 Å². The van der Waals surface area contributed by atoms with Crippen molar-refractivity contribution < 1.29 is 0 Å². The normalized spacial score (nSPS) is 10.6. The van der Waals surface area contributed by atoms with Crippen molar-refractivity contribution in [3.8, 4) is 0 Å². The van der Waals surface area contributed by atoms with Gasteiger partial charge in [0.25, 0.3) is 0 Å². The zero-order valence-electron chi connectivity index (χ0n) is 7.24. The first-order valence-electron chi connectivity index (χ1n) is 4.31. The van der Waals surface area contributed by atoms with E-state index in [4.69, 9.17) is 11.5 Å². The molecule has 0 radical (unpaired) electrons. The topological polar surface area (TPSA) is 52.0 Å². The first kappa shape index (κ1) is 9.23. The summed E-state index contributed by atoms with van der Waals surface area (Å²) in [7, 11) is 0. The standard InChI is InChI=1S/C10H16N2/c11-7-10(8-12)6-9-4-2-1-3-5-9/h1-5,10H,6-8,11-12H2. The third-order valence-electron chi connectivity index (χ3n) is 2.03. The third kappa shape index (κ3) is 2.64. The molecule has 0 aliphatic heterocycles. The number of rotatable bonds is 4. The Morgan fingerprint density at radius 3 is 2.08 bits per heavy atom. The summed E-state index contributed by atoms with van der Waals surface area (Å²) in [5.74, 6) is 0.424. The molecule has 1 aromatic carbocycles. The van der Waals surface area contributed by atoms with E-state index in [0.717, 1.165) is 6.42 Å². The van der Waals surface area contributed by atoms with Gasteiger partial charge in [-0.15, -0.1) is 0 Å². The minimum Gasteiger partial charge on any atom is -0.330 e. The molecule has 0 heterocycles. The lowest BCUT2D eigenvalue weighted by atomic mass is 10.00. The number of hydrogen-bond donors (Lipinski definition) is 2. The van der Waals surface area contributed by atoms with Crippen LogP contribution in [0.15, 0.2) is 30.3 Å². The van der Waals surface area contributed by atoms with Crippen LogP contribution < -0.4 is 11.5 Å². The second kappa shape index (κ2) is 4.91. The number of hydrogen-bond acceptors (Lipinski definition) is 2. The van der Waals surface area contributed by atoms with Gasteiger partial charge in [0.15, 0.2) is 0 Å². The Morgan fingerprint density at radius 1 is 1.00 bits per heavy atom. The molecule has 4 N–H and O–H groups in total. The molecule has 0 amide bonds. The quantitative estimate of drug-likeness (QED) is 0.690. The molecule has 0 spiro atoms. The molecule has 12 heavy (non-hydrogen) atoms. The summed E-state index contributed by atoms with van der Waals surface area (Å²) in [6, 6.07) is 10.3. The fourth-order valence-electron chi connectivity index (χ4n) is 1.21. The van der Waals surface area contributed by atoms with Crippen molar-refractivity contribution in [1.29, 1.82) is 0 Å². The minimum absolute atomic E-state index is 0.424. The molecular weight excluding hydrogens is 148 g/mol. The van der Waals surface area contributed by atoms with E-state index < -0.39 is 0 Å². The molecule has 2 nitrogen and oxygen atoms in total. The van der Waals surface area contributed by atoms with Crippen molar-refractivity contribution in [2.45, 2.75) is 6.42 Å². The Kier molecular flexibility index (Phi) is 3.77. The van der Waals surface area contributed by atoms with E-state index in [1.807, 2.05) is 18.2 Å². The average Bonchev–Trinajstić information content (AvgIpc) is 2.16. The maximum Gasteiger partial charge on any atom is -0.00336 e. The van der Waals surface area contributed by atoms with Gasteiger partial charge in [0, 0.05) is 0 Å². The predicted octanol–water partition coefficient (Wildman–Crippen LogP) is 0.763. The molecule has 0 atom stereocenters. The van der Waals surface area contributed by atoms with Crippen molar-refractivity contribution in [2.24, 2.45) is 17.4 Å². The molecular formula is C10H16N2. The SMILES string of the molecule is NCC(CN)Cc1ccccc1. The second-order valence-corrected chi connectivity index (χ2v) is 3.03. The lowest BCUT2D eigenvalue weighted by Gasteiger charge is -2.11. The zero-order valence-corrected chi connectivity index (χ0v) is 7.24. The zero-order chi connectivity index (χ0) is 8.81. The van der Waals surface area contributed by atoms with Gasteiger partial charge < -0.3 is 11.5 Å². The third-order valence-corrected chi connectivity index (χ3v) is 2.03. The van der Waals surface area contributed by atoms with Crippen molar-refractivity contribution in [1.82, 2.24) is 0 Å². The highest BCUT2D eigenvalue weighted by molar-refractivity contribution is 5.15. The van der Waals surface area contributed by atoms with Gasteiger partial charge in [-0.25, -0.2) is 0 Å². The molecule has 2 heteroatoms. The van der Waals surface area contributed by atoms with Crippen LogP contribution in [0.2, 0.25) is 0 Å². The smallest absolute Gasteiger partial charge is 0.00336 e. The highest BCUT2D eigenvalue weighted by atomic mass is 14.6. The first-order valence-corrected chi connectivity index (χ1v) is 4.31. The van der Waals surface area contributed by atoms with Gasteiger partial charge in [-0.05, 0) is 31.0 Å². The maximum absolute atomic E-state index is 5.55. The average molecular weight is 164 g/mol. The molecule has 66 valence electrons. The highest BCUT2D eigenvalue weighted by Crippen LogP contribution is 2.05. The van der Waals surface area contributed by atoms with Crippen LogP contribution in [0.4, 0.5) is 0 Å². The summed E-state index contributed by atoms with van der Waals surface area (Å²) in [4.78, 5) is 0. The van der Waals surface area contributed by atoms with Crippen LogP contribution in [-0.2, 0) is 6.42 Å². The summed E-state index contributed by atoms with van der Waals surface area (Å²) < 4.78 is 0. The molecule has 0 aromatic heterocycles. The predicted molar refractivity (Wildman–Crippen MR) is 51.7 cm³/mol. The Labute approximate surface area is 73.6 Å². The lowest BCUT2D eigenvalue weighted by molar-refractivity contribution is 0.548. The van der Waals surface area contributed by atoms with Crippen LogP contribution in [-0.4, -0.2) is 13.1 Å². The Balaban J connectivity index is 2.51. The van der Waals surface area contributed by atoms with Crippen LogP contribution in [0, 0.1) is 5.92 Å². The minimum atomic E-state index is 0.424. The van der Waals surface area contributed by atoms with E-state index in [9.17, 15) is 0 Å². The Bertz CT molecular complexity index is 204. The summed E-state index contributed by atoms with van der Waals surface area (Å²) in [6.45, 7) is 1.34. The monoisotopic (exact) mass is 164 g/mol. The summed E-state index contributed by atoms with van der Waals surface area (Å²) in [6.07, 6.45) is 0.994. The van der Waals surface area contributed by atoms with Crippen molar-refractivity contribution in [3.05, 3.63) is 35.9 Å². The first-order chi connectivity index (χ1) is 5.86. The van der Waals surface area contributed by atoms with Gasteiger partial charge in [0.2, 0.25) is 0 Å². The second-order valence-electron chi connectivity index (χ2n) is 3.03. The fraction of sp³-hybridized carbons (Fsp3) is 0.400. The van der Waals surface area contributed by atoms with Crippen LogP contribution in [0.25, 0.3) is 0 Å². The Morgan fingerprint density at radius 2 is 1.58 bits per heavy atom. The summed E-state index contributed by atoms with van der Waals surface area (Å²) >= 11 is 0.